The highest BCUT2D eigenvalue weighted by atomic mass is 16.7. The zero-order chi connectivity index (χ0) is 9.56. The average Bonchev–Trinajstić information content (AvgIpc) is 1.96. The van der Waals surface area contributed by atoms with E-state index in [9.17, 15) is 4.79 Å². The van der Waals surface area contributed by atoms with E-state index in [2.05, 4.69) is 9.47 Å². The molecular weight excluding hydrogens is 164 g/mol. The van der Waals surface area contributed by atoms with Crippen LogP contribution in [0.1, 0.15) is 13.8 Å². The van der Waals surface area contributed by atoms with Gasteiger partial charge in [0.25, 0.3) is 0 Å². The van der Waals surface area contributed by atoms with Crippen LogP contribution < -0.4 is 0 Å². The molecule has 0 aliphatic carbocycles. The van der Waals surface area contributed by atoms with Crippen LogP contribution in [-0.4, -0.2) is 41.8 Å². The number of hydrogen-bond acceptors (Lipinski definition) is 5. The molecule has 0 spiro atoms. The maximum atomic E-state index is 10.6. The molecule has 0 rings (SSSR count). The molecule has 2 atom stereocenters. The third-order valence-corrected chi connectivity index (χ3v) is 0.885. The molecule has 0 amide bonds. The maximum Gasteiger partial charge on any atom is 0.508 e. The summed E-state index contributed by atoms with van der Waals surface area (Å²) in [5, 5.41) is 17.4. The molecule has 0 heterocycles. The first kappa shape index (κ1) is 11.2. The topological polar surface area (TPSA) is 76.0 Å². The lowest BCUT2D eigenvalue weighted by Gasteiger charge is -2.08. The zero-order valence-electron chi connectivity index (χ0n) is 7.19. The molecule has 0 fully saturated rings. The minimum Gasteiger partial charge on any atom is -0.432 e. The number of ether oxygens (including phenoxy) is 2. The molecular formula is C7H14O5. The van der Waals surface area contributed by atoms with Gasteiger partial charge in [0.2, 0.25) is 0 Å². The molecule has 0 aromatic heterocycles. The van der Waals surface area contributed by atoms with E-state index in [1.807, 2.05) is 0 Å². The largest absolute Gasteiger partial charge is 0.508 e. The van der Waals surface area contributed by atoms with Crippen LogP contribution in [0.25, 0.3) is 0 Å². The quantitative estimate of drug-likeness (QED) is 0.588. The van der Waals surface area contributed by atoms with Gasteiger partial charge < -0.3 is 19.7 Å². The minimum absolute atomic E-state index is 0.0986. The van der Waals surface area contributed by atoms with Crippen LogP contribution in [0.2, 0.25) is 0 Å². The number of aliphatic hydroxyl groups excluding tert-OH is 2. The Labute approximate surface area is 70.9 Å². The van der Waals surface area contributed by atoms with E-state index in [1.54, 1.807) is 0 Å². The van der Waals surface area contributed by atoms with Crippen molar-refractivity contribution in [1.82, 2.24) is 0 Å². The van der Waals surface area contributed by atoms with E-state index < -0.39 is 18.4 Å². The van der Waals surface area contributed by atoms with Crippen molar-refractivity contribution in [1.29, 1.82) is 0 Å². The second kappa shape index (κ2) is 5.79. The third-order valence-electron chi connectivity index (χ3n) is 0.885. The lowest BCUT2D eigenvalue weighted by atomic mass is 10.4. The standard InChI is InChI=1S/C7H14O5/c1-5(8)3-11-7(10)12-4-6(2)9/h5-6,8-9H,3-4H2,1-2H3/t5-,6-/m1/s1. The van der Waals surface area contributed by atoms with Gasteiger partial charge in [-0.1, -0.05) is 0 Å². The molecule has 0 bridgehead atoms. The molecule has 0 saturated heterocycles. The summed E-state index contributed by atoms with van der Waals surface area (Å²) in [5.74, 6) is 0. The number of aliphatic hydroxyl groups is 2. The minimum atomic E-state index is -0.878. The Bertz CT molecular complexity index is 118. The SMILES string of the molecule is C[C@@H](O)COC(=O)OC[C@@H](C)O. The van der Waals surface area contributed by atoms with Crippen LogP contribution >= 0.6 is 0 Å². The summed E-state index contributed by atoms with van der Waals surface area (Å²) in [6, 6.07) is 0. The van der Waals surface area contributed by atoms with Crippen molar-refractivity contribution in [2.45, 2.75) is 26.1 Å². The smallest absolute Gasteiger partial charge is 0.432 e. The molecule has 0 aromatic carbocycles. The molecule has 5 nitrogen and oxygen atoms in total. The van der Waals surface area contributed by atoms with E-state index in [-0.39, 0.29) is 13.2 Å². The van der Waals surface area contributed by atoms with E-state index in [0.29, 0.717) is 0 Å². The van der Waals surface area contributed by atoms with Gasteiger partial charge in [-0.2, -0.15) is 0 Å². The normalized spacial score (nSPS) is 15.0. The molecule has 0 radical (unpaired) electrons. The van der Waals surface area contributed by atoms with Gasteiger partial charge in [-0.25, -0.2) is 4.79 Å². The van der Waals surface area contributed by atoms with E-state index >= 15 is 0 Å². The van der Waals surface area contributed by atoms with Crippen LogP contribution in [0.4, 0.5) is 4.79 Å². The highest BCUT2D eigenvalue weighted by Gasteiger charge is 2.06. The van der Waals surface area contributed by atoms with Crippen LogP contribution in [0.15, 0.2) is 0 Å². The lowest BCUT2D eigenvalue weighted by molar-refractivity contribution is 0.00439. The predicted octanol–water partition coefficient (Wildman–Crippen LogP) is -0.0988. The first-order valence-corrected chi connectivity index (χ1v) is 3.68. The first-order valence-electron chi connectivity index (χ1n) is 3.68. The van der Waals surface area contributed by atoms with Gasteiger partial charge in [-0.15, -0.1) is 0 Å². The summed E-state index contributed by atoms with van der Waals surface area (Å²) >= 11 is 0. The van der Waals surface area contributed by atoms with Gasteiger partial charge in [0.1, 0.15) is 13.2 Å². The first-order chi connectivity index (χ1) is 5.52. The molecule has 0 aliphatic rings. The highest BCUT2D eigenvalue weighted by Crippen LogP contribution is 1.90. The monoisotopic (exact) mass is 178 g/mol. The van der Waals surface area contributed by atoms with Crippen molar-refractivity contribution in [3.8, 4) is 0 Å². The van der Waals surface area contributed by atoms with E-state index in [0.717, 1.165) is 0 Å². The van der Waals surface area contributed by atoms with Gasteiger partial charge >= 0.3 is 6.16 Å². The van der Waals surface area contributed by atoms with Gasteiger partial charge in [-0.05, 0) is 13.8 Å². The summed E-state index contributed by atoms with van der Waals surface area (Å²) in [7, 11) is 0. The van der Waals surface area contributed by atoms with Crippen molar-refractivity contribution in [2.24, 2.45) is 0 Å². The predicted molar refractivity (Wildman–Crippen MR) is 40.7 cm³/mol. The highest BCUT2D eigenvalue weighted by molar-refractivity contribution is 5.59. The fourth-order valence-corrected chi connectivity index (χ4v) is 0.419. The lowest BCUT2D eigenvalue weighted by Crippen LogP contribution is -2.19. The second-order valence-electron chi connectivity index (χ2n) is 2.57. The Morgan fingerprint density at radius 1 is 1.17 bits per heavy atom. The number of carbonyl (C=O) groups is 1. The maximum absolute atomic E-state index is 10.6. The van der Waals surface area contributed by atoms with Crippen molar-refractivity contribution in [3.05, 3.63) is 0 Å². The second-order valence-corrected chi connectivity index (χ2v) is 2.57. The summed E-state index contributed by atoms with van der Waals surface area (Å²) in [6.45, 7) is 2.78. The molecule has 72 valence electrons. The Morgan fingerprint density at radius 2 is 1.50 bits per heavy atom. The number of rotatable bonds is 4. The van der Waals surface area contributed by atoms with E-state index in [4.69, 9.17) is 10.2 Å². The Kier molecular flexibility index (Phi) is 5.40. The summed E-state index contributed by atoms with van der Waals surface area (Å²) in [5.41, 5.74) is 0. The van der Waals surface area contributed by atoms with Crippen molar-refractivity contribution in [3.63, 3.8) is 0 Å². The van der Waals surface area contributed by atoms with Gasteiger partial charge in [-0.3, -0.25) is 0 Å². The van der Waals surface area contributed by atoms with Crippen molar-refractivity contribution in [2.75, 3.05) is 13.2 Å². The molecule has 0 unspecified atom stereocenters. The van der Waals surface area contributed by atoms with E-state index in [1.165, 1.54) is 13.8 Å². The van der Waals surface area contributed by atoms with Gasteiger partial charge in [0.05, 0.1) is 12.2 Å². The average molecular weight is 178 g/mol. The van der Waals surface area contributed by atoms with Crippen molar-refractivity contribution >= 4 is 6.16 Å². The van der Waals surface area contributed by atoms with Gasteiger partial charge in [0, 0.05) is 0 Å². The van der Waals surface area contributed by atoms with Crippen LogP contribution in [0, 0.1) is 0 Å². The van der Waals surface area contributed by atoms with Gasteiger partial charge in [0.15, 0.2) is 0 Å². The molecule has 2 N–H and O–H groups in total. The summed E-state index contributed by atoms with van der Waals surface area (Å²) < 4.78 is 8.86. The molecule has 5 heteroatoms. The van der Waals surface area contributed by atoms with Crippen molar-refractivity contribution < 1.29 is 24.5 Å². The molecule has 0 aliphatic heterocycles. The number of hydrogen-bond donors (Lipinski definition) is 2. The molecule has 0 aromatic rings. The number of carbonyl (C=O) groups excluding carboxylic acids is 1. The zero-order valence-corrected chi connectivity index (χ0v) is 7.19. The van der Waals surface area contributed by atoms with Crippen LogP contribution in [-0.2, 0) is 9.47 Å². The Morgan fingerprint density at radius 3 is 1.75 bits per heavy atom. The molecule has 0 saturated carbocycles. The summed E-state index contributed by atoms with van der Waals surface area (Å²) in [6.07, 6.45) is -2.29. The molecule has 12 heavy (non-hydrogen) atoms. The Balaban J connectivity index is 3.34. The van der Waals surface area contributed by atoms with Crippen LogP contribution in [0.5, 0.6) is 0 Å². The van der Waals surface area contributed by atoms with Crippen LogP contribution in [0.3, 0.4) is 0 Å². The Hall–Kier alpha value is -0.810. The fourth-order valence-electron chi connectivity index (χ4n) is 0.419. The third kappa shape index (κ3) is 7.30. The fraction of sp³-hybridized carbons (Fsp3) is 0.857. The summed E-state index contributed by atoms with van der Waals surface area (Å²) in [4.78, 5) is 10.6.